The Kier molecular flexibility index (Phi) is 5.38. The lowest BCUT2D eigenvalue weighted by Crippen LogP contribution is -2.38. The number of likely N-dealkylation sites (N-methyl/N-ethyl adjacent to an activating group) is 1. The second-order valence-corrected chi connectivity index (χ2v) is 4.30. The number of Topliss-reactive ketones (excluding diaryl/α,β-unsaturated/α-hetero) is 1. The summed E-state index contributed by atoms with van der Waals surface area (Å²) in [4.78, 5) is 21.9. The van der Waals surface area contributed by atoms with Gasteiger partial charge in [0, 0.05) is 6.42 Å². The molecule has 0 aliphatic rings. The first kappa shape index (κ1) is 13.1. The molecule has 0 aliphatic carbocycles. The number of nitrogens with zero attached hydrogens (tertiary/aromatic N) is 1. The van der Waals surface area contributed by atoms with E-state index in [2.05, 4.69) is 0 Å². The van der Waals surface area contributed by atoms with E-state index in [4.69, 9.17) is 4.74 Å². The fourth-order valence-corrected chi connectivity index (χ4v) is 0.770. The summed E-state index contributed by atoms with van der Waals surface area (Å²) in [6, 6.07) is 0. The van der Waals surface area contributed by atoms with Crippen molar-refractivity contribution in [3.8, 4) is 0 Å². The minimum Gasteiger partial charge on any atom is -0.459 e. The summed E-state index contributed by atoms with van der Waals surface area (Å²) in [5, 5.41) is 0. The molecule has 0 N–H and O–H groups in total. The summed E-state index contributed by atoms with van der Waals surface area (Å²) in [7, 11) is 6.06. The maximum atomic E-state index is 11.0. The number of carbonyl (C=O) groups is 2. The standard InChI is InChI=1S/C10H20NO3/c1-5-9(12)8-10(13)14-7-6-11(2,3)4/h5-8H2,1-4H3/q+1. The highest BCUT2D eigenvalue weighted by Crippen LogP contribution is 1.94. The van der Waals surface area contributed by atoms with Crippen molar-refractivity contribution in [2.75, 3.05) is 34.3 Å². The maximum Gasteiger partial charge on any atom is 0.313 e. The third kappa shape index (κ3) is 7.73. The molecule has 0 aromatic rings. The second kappa shape index (κ2) is 5.75. The molecule has 0 unspecified atom stereocenters. The third-order valence-corrected chi connectivity index (χ3v) is 1.76. The Morgan fingerprint density at radius 3 is 2.21 bits per heavy atom. The van der Waals surface area contributed by atoms with Crippen molar-refractivity contribution in [3.63, 3.8) is 0 Å². The summed E-state index contributed by atoms with van der Waals surface area (Å²) in [6.07, 6.45) is 0.304. The summed E-state index contributed by atoms with van der Waals surface area (Å²) in [5.74, 6) is -0.481. The molecule has 0 atom stereocenters. The molecule has 4 nitrogen and oxygen atoms in total. The Balaban J connectivity index is 3.60. The molecule has 0 aromatic heterocycles. The van der Waals surface area contributed by atoms with E-state index in [1.165, 1.54) is 0 Å². The molecule has 0 bridgehead atoms. The lowest BCUT2D eigenvalue weighted by atomic mass is 10.2. The average molecular weight is 202 g/mol. The van der Waals surface area contributed by atoms with Crippen molar-refractivity contribution in [2.45, 2.75) is 19.8 Å². The predicted molar refractivity (Wildman–Crippen MR) is 53.8 cm³/mol. The van der Waals surface area contributed by atoms with Crippen molar-refractivity contribution in [1.29, 1.82) is 0 Å². The fraction of sp³-hybridized carbons (Fsp3) is 0.800. The van der Waals surface area contributed by atoms with Gasteiger partial charge in [-0.2, -0.15) is 0 Å². The molecular formula is C10H20NO3+. The van der Waals surface area contributed by atoms with Crippen molar-refractivity contribution >= 4 is 11.8 Å². The number of esters is 1. The van der Waals surface area contributed by atoms with Crippen LogP contribution in [0.5, 0.6) is 0 Å². The first-order valence-corrected chi connectivity index (χ1v) is 4.83. The number of hydrogen-bond acceptors (Lipinski definition) is 3. The highest BCUT2D eigenvalue weighted by Gasteiger charge is 2.11. The number of ether oxygens (including phenoxy) is 1. The van der Waals surface area contributed by atoms with Crippen LogP contribution in [0.15, 0.2) is 0 Å². The Bertz CT molecular complexity index is 206. The van der Waals surface area contributed by atoms with Gasteiger partial charge < -0.3 is 9.22 Å². The number of ketones is 1. The van der Waals surface area contributed by atoms with Crippen LogP contribution in [0.2, 0.25) is 0 Å². The van der Waals surface area contributed by atoms with Crippen molar-refractivity contribution in [1.82, 2.24) is 0 Å². The van der Waals surface area contributed by atoms with Crippen molar-refractivity contribution in [3.05, 3.63) is 0 Å². The van der Waals surface area contributed by atoms with Crippen molar-refractivity contribution in [2.24, 2.45) is 0 Å². The third-order valence-electron chi connectivity index (χ3n) is 1.76. The molecule has 0 heterocycles. The van der Waals surface area contributed by atoms with Crippen LogP contribution < -0.4 is 0 Å². The molecular weight excluding hydrogens is 182 g/mol. The summed E-state index contributed by atoms with van der Waals surface area (Å²) in [5.41, 5.74) is 0. The Hall–Kier alpha value is -0.900. The smallest absolute Gasteiger partial charge is 0.313 e. The molecule has 82 valence electrons. The monoisotopic (exact) mass is 202 g/mol. The summed E-state index contributed by atoms with van der Waals surface area (Å²) >= 11 is 0. The van der Waals surface area contributed by atoms with E-state index in [0.717, 1.165) is 11.0 Å². The minimum absolute atomic E-state index is 0.0692. The molecule has 0 radical (unpaired) electrons. The SMILES string of the molecule is CCC(=O)CC(=O)OCC[N+](C)(C)C. The van der Waals surface area contributed by atoms with E-state index < -0.39 is 5.97 Å². The summed E-state index contributed by atoms with van der Waals surface area (Å²) < 4.78 is 5.66. The molecule has 0 spiro atoms. The largest absolute Gasteiger partial charge is 0.459 e. The van der Waals surface area contributed by atoms with E-state index >= 15 is 0 Å². The van der Waals surface area contributed by atoms with Gasteiger partial charge in [0.15, 0.2) is 0 Å². The molecule has 0 amide bonds. The normalized spacial score (nSPS) is 11.1. The topological polar surface area (TPSA) is 43.4 Å². The van der Waals surface area contributed by atoms with Gasteiger partial charge in [-0.25, -0.2) is 0 Å². The number of carbonyl (C=O) groups excluding carboxylic acids is 2. The van der Waals surface area contributed by atoms with E-state index in [0.29, 0.717) is 13.0 Å². The van der Waals surface area contributed by atoms with Crippen LogP contribution in [-0.4, -0.2) is 50.5 Å². The average Bonchev–Trinajstić information content (AvgIpc) is 2.01. The van der Waals surface area contributed by atoms with Gasteiger partial charge >= 0.3 is 5.97 Å². The van der Waals surface area contributed by atoms with Gasteiger partial charge in [0.05, 0.1) is 21.1 Å². The molecule has 0 fully saturated rings. The molecule has 0 aromatic carbocycles. The Morgan fingerprint density at radius 1 is 1.21 bits per heavy atom. The van der Waals surface area contributed by atoms with E-state index in [-0.39, 0.29) is 12.2 Å². The van der Waals surface area contributed by atoms with Gasteiger partial charge in [-0.15, -0.1) is 0 Å². The van der Waals surface area contributed by atoms with Gasteiger partial charge in [-0.05, 0) is 0 Å². The molecule has 4 heteroatoms. The zero-order valence-corrected chi connectivity index (χ0v) is 9.50. The highest BCUT2D eigenvalue weighted by molar-refractivity contribution is 5.95. The summed E-state index contributed by atoms with van der Waals surface area (Å²) in [6.45, 7) is 2.87. The Labute approximate surface area is 85.4 Å². The first-order chi connectivity index (χ1) is 6.35. The van der Waals surface area contributed by atoms with Crippen LogP contribution in [0, 0.1) is 0 Å². The molecule has 0 saturated carbocycles. The van der Waals surface area contributed by atoms with Gasteiger partial charge in [-0.1, -0.05) is 6.92 Å². The van der Waals surface area contributed by atoms with Crippen LogP contribution in [0.3, 0.4) is 0 Å². The van der Waals surface area contributed by atoms with Crippen LogP contribution in [0.25, 0.3) is 0 Å². The van der Waals surface area contributed by atoms with Crippen LogP contribution in [0.1, 0.15) is 19.8 Å². The van der Waals surface area contributed by atoms with Gasteiger partial charge in [0.25, 0.3) is 0 Å². The molecule has 14 heavy (non-hydrogen) atoms. The second-order valence-electron chi connectivity index (χ2n) is 4.30. The number of rotatable bonds is 6. The lowest BCUT2D eigenvalue weighted by molar-refractivity contribution is -0.870. The fourth-order valence-electron chi connectivity index (χ4n) is 0.770. The van der Waals surface area contributed by atoms with Gasteiger partial charge in [0.2, 0.25) is 0 Å². The molecule has 0 rings (SSSR count). The van der Waals surface area contributed by atoms with E-state index in [1.54, 1.807) is 6.92 Å². The van der Waals surface area contributed by atoms with Crippen LogP contribution in [0.4, 0.5) is 0 Å². The van der Waals surface area contributed by atoms with E-state index in [9.17, 15) is 9.59 Å². The quantitative estimate of drug-likeness (QED) is 0.360. The lowest BCUT2D eigenvalue weighted by Gasteiger charge is -2.23. The molecule has 0 aliphatic heterocycles. The minimum atomic E-state index is -0.412. The predicted octanol–water partition coefficient (Wildman–Crippen LogP) is 0.605. The molecule has 0 saturated heterocycles. The van der Waals surface area contributed by atoms with Crippen LogP contribution >= 0.6 is 0 Å². The highest BCUT2D eigenvalue weighted by atomic mass is 16.5. The van der Waals surface area contributed by atoms with Crippen molar-refractivity contribution < 1.29 is 18.8 Å². The maximum absolute atomic E-state index is 11.0. The zero-order valence-electron chi connectivity index (χ0n) is 9.50. The first-order valence-electron chi connectivity index (χ1n) is 4.83. The van der Waals surface area contributed by atoms with E-state index in [1.807, 2.05) is 21.1 Å². The number of hydrogen-bond donors (Lipinski definition) is 0. The zero-order chi connectivity index (χ0) is 11.2. The van der Waals surface area contributed by atoms with Crippen LogP contribution in [-0.2, 0) is 14.3 Å². The van der Waals surface area contributed by atoms with Gasteiger partial charge in [0.1, 0.15) is 25.4 Å². The van der Waals surface area contributed by atoms with Gasteiger partial charge in [-0.3, -0.25) is 9.59 Å². The Morgan fingerprint density at radius 2 is 1.79 bits per heavy atom. The number of quaternary nitrogens is 1.